The average Bonchev–Trinajstić information content (AvgIpc) is 3.10. The van der Waals surface area contributed by atoms with Crippen LogP contribution in [0.4, 0.5) is 0 Å². The minimum absolute atomic E-state index is 0.0282. The Morgan fingerprint density at radius 3 is 3.00 bits per heavy atom. The van der Waals surface area contributed by atoms with Gasteiger partial charge in [0.05, 0.1) is 17.7 Å². The van der Waals surface area contributed by atoms with Gasteiger partial charge in [-0.2, -0.15) is 5.10 Å². The third-order valence-electron chi connectivity index (χ3n) is 5.47. The molecule has 1 saturated heterocycles. The molecule has 1 saturated carbocycles. The van der Waals surface area contributed by atoms with Gasteiger partial charge in [-0.3, -0.25) is 9.89 Å². The first-order valence-electron chi connectivity index (χ1n) is 9.50. The number of amides is 1. The molecule has 1 N–H and O–H groups in total. The number of nitrogens with zero attached hydrogens (tertiary/aromatic N) is 5. The summed E-state index contributed by atoms with van der Waals surface area (Å²) in [5.74, 6) is 1.89. The van der Waals surface area contributed by atoms with Crippen molar-refractivity contribution in [2.75, 3.05) is 13.1 Å². The number of hydrogen-bond donors (Lipinski definition) is 1. The molecule has 0 aromatic carbocycles. The lowest BCUT2D eigenvalue weighted by molar-refractivity contribution is 0.0697. The maximum Gasteiger partial charge on any atom is 0.274 e. The zero-order chi connectivity index (χ0) is 18.2. The van der Waals surface area contributed by atoms with E-state index in [4.69, 9.17) is 0 Å². The lowest BCUT2D eigenvalue weighted by atomic mass is 9.96. The number of rotatable bonds is 5. The van der Waals surface area contributed by atoms with E-state index in [0.29, 0.717) is 18.2 Å². The van der Waals surface area contributed by atoms with E-state index < -0.39 is 0 Å². The van der Waals surface area contributed by atoms with Crippen LogP contribution in [0, 0.1) is 0 Å². The molecular formula is C19H22N6OS. The predicted octanol–water partition coefficient (Wildman–Crippen LogP) is 3.01. The normalized spacial score (nSPS) is 20.1. The van der Waals surface area contributed by atoms with Gasteiger partial charge in [-0.1, -0.05) is 0 Å². The Kier molecular flexibility index (Phi) is 4.27. The number of thiazole rings is 1. The summed E-state index contributed by atoms with van der Waals surface area (Å²) in [4.78, 5) is 23.8. The van der Waals surface area contributed by atoms with Gasteiger partial charge in [-0.25, -0.2) is 9.97 Å². The van der Waals surface area contributed by atoms with E-state index in [1.165, 1.54) is 12.8 Å². The highest BCUT2D eigenvalue weighted by atomic mass is 32.1. The molecule has 1 atom stereocenters. The molecule has 7 nitrogen and oxygen atoms in total. The summed E-state index contributed by atoms with van der Waals surface area (Å²) < 4.78 is 2.16. The SMILES string of the molecule is O=C(c1cc(C2CC2)[nH]n1)N1CCC[C@@H](c2nccn2Cc2cscn2)C1. The van der Waals surface area contributed by atoms with E-state index >= 15 is 0 Å². The summed E-state index contributed by atoms with van der Waals surface area (Å²) in [5.41, 5.74) is 4.55. The number of hydrogen-bond acceptors (Lipinski definition) is 5. The maximum absolute atomic E-state index is 12.9. The second-order valence-electron chi connectivity index (χ2n) is 7.47. The molecule has 3 aromatic heterocycles. The van der Waals surface area contributed by atoms with Crippen LogP contribution in [-0.2, 0) is 6.54 Å². The molecule has 27 heavy (non-hydrogen) atoms. The molecule has 0 spiro atoms. The van der Waals surface area contributed by atoms with Gasteiger partial charge in [-0.05, 0) is 31.7 Å². The lowest BCUT2D eigenvalue weighted by Gasteiger charge is -2.32. The van der Waals surface area contributed by atoms with Crippen molar-refractivity contribution >= 4 is 17.2 Å². The van der Waals surface area contributed by atoms with Crippen LogP contribution in [0.25, 0.3) is 0 Å². The van der Waals surface area contributed by atoms with E-state index in [2.05, 4.69) is 30.1 Å². The van der Waals surface area contributed by atoms with E-state index in [-0.39, 0.29) is 11.8 Å². The summed E-state index contributed by atoms with van der Waals surface area (Å²) >= 11 is 1.61. The van der Waals surface area contributed by atoms with Crippen molar-refractivity contribution in [2.45, 2.75) is 44.1 Å². The smallest absolute Gasteiger partial charge is 0.274 e. The molecule has 5 rings (SSSR count). The Hall–Kier alpha value is -2.48. The fourth-order valence-corrected chi connectivity index (χ4v) is 4.44. The number of H-pyrrole nitrogens is 1. The Morgan fingerprint density at radius 2 is 2.19 bits per heavy atom. The average molecular weight is 382 g/mol. The summed E-state index contributed by atoms with van der Waals surface area (Å²) in [6, 6.07) is 1.94. The van der Waals surface area contributed by atoms with Gasteiger partial charge < -0.3 is 9.47 Å². The monoisotopic (exact) mass is 382 g/mol. The molecule has 1 aliphatic carbocycles. The van der Waals surface area contributed by atoms with Crippen LogP contribution in [-0.4, -0.2) is 48.6 Å². The number of imidazole rings is 1. The van der Waals surface area contributed by atoms with Gasteiger partial charge >= 0.3 is 0 Å². The van der Waals surface area contributed by atoms with Gasteiger partial charge in [0.15, 0.2) is 0 Å². The first-order chi connectivity index (χ1) is 13.3. The number of aromatic nitrogens is 5. The van der Waals surface area contributed by atoms with Gasteiger partial charge in [0, 0.05) is 48.4 Å². The second-order valence-corrected chi connectivity index (χ2v) is 8.18. The standard InChI is InChI=1S/C19H22N6OS/c26-19(17-8-16(22-23-17)13-3-4-13)25-6-1-2-14(9-25)18-20-5-7-24(18)10-15-11-27-12-21-15/h5,7-8,11-14H,1-4,6,9-10H2,(H,22,23)/t14-/m1/s1. The maximum atomic E-state index is 12.9. The van der Waals surface area contributed by atoms with E-state index in [1.807, 2.05) is 28.9 Å². The van der Waals surface area contributed by atoms with Gasteiger partial charge in [-0.15, -0.1) is 11.3 Å². The molecule has 4 heterocycles. The molecule has 0 radical (unpaired) electrons. The van der Waals surface area contributed by atoms with E-state index in [9.17, 15) is 4.79 Å². The summed E-state index contributed by atoms with van der Waals surface area (Å²) in [6.45, 7) is 2.21. The van der Waals surface area contributed by atoms with Gasteiger partial charge in [0.1, 0.15) is 11.5 Å². The molecule has 140 valence electrons. The zero-order valence-electron chi connectivity index (χ0n) is 15.0. The molecular weight excluding hydrogens is 360 g/mol. The highest BCUT2D eigenvalue weighted by Gasteiger charge is 2.31. The first kappa shape index (κ1) is 16.7. The highest BCUT2D eigenvalue weighted by molar-refractivity contribution is 7.07. The number of carbonyl (C=O) groups is 1. The first-order valence-corrected chi connectivity index (χ1v) is 10.4. The number of carbonyl (C=O) groups excluding carboxylic acids is 1. The molecule has 1 aliphatic heterocycles. The largest absolute Gasteiger partial charge is 0.337 e. The second kappa shape index (κ2) is 6.92. The van der Waals surface area contributed by atoms with Crippen LogP contribution in [0.1, 0.15) is 65.2 Å². The molecule has 2 fully saturated rings. The number of likely N-dealkylation sites (tertiary alicyclic amines) is 1. The summed E-state index contributed by atoms with van der Waals surface area (Å²) in [7, 11) is 0. The van der Waals surface area contributed by atoms with Crippen LogP contribution >= 0.6 is 11.3 Å². The fourth-order valence-electron chi connectivity index (χ4n) is 3.89. The third kappa shape index (κ3) is 3.41. The Bertz CT molecular complexity index is 926. The number of nitrogens with one attached hydrogen (secondary N) is 1. The van der Waals surface area contributed by atoms with Crippen molar-refractivity contribution in [1.29, 1.82) is 0 Å². The number of aromatic amines is 1. The Labute approximate surface area is 161 Å². The lowest BCUT2D eigenvalue weighted by Crippen LogP contribution is -2.40. The zero-order valence-corrected chi connectivity index (χ0v) is 15.9. The summed E-state index contributed by atoms with van der Waals surface area (Å²) in [5, 5.41) is 9.37. The van der Waals surface area contributed by atoms with E-state index in [1.54, 1.807) is 11.3 Å². The van der Waals surface area contributed by atoms with Crippen molar-refractivity contribution in [3.05, 3.63) is 52.3 Å². The highest BCUT2D eigenvalue weighted by Crippen LogP contribution is 2.39. The van der Waals surface area contributed by atoms with Gasteiger partial charge in [0.2, 0.25) is 0 Å². The van der Waals surface area contributed by atoms with Crippen LogP contribution in [0.5, 0.6) is 0 Å². The van der Waals surface area contributed by atoms with Crippen LogP contribution < -0.4 is 0 Å². The van der Waals surface area contributed by atoms with Crippen LogP contribution in [0.3, 0.4) is 0 Å². The van der Waals surface area contributed by atoms with Crippen molar-refractivity contribution in [3.8, 4) is 0 Å². The van der Waals surface area contributed by atoms with Crippen molar-refractivity contribution in [3.63, 3.8) is 0 Å². The van der Waals surface area contributed by atoms with Crippen LogP contribution in [0.2, 0.25) is 0 Å². The third-order valence-corrected chi connectivity index (χ3v) is 6.11. The molecule has 3 aromatic rings. The Balaban J connectivity index is 1.30. The predicted molar refractivity (Wildman–Crippen MR) is 102 cm³/mol. The summed E-state index contributed by atoms with van der Waals surface area (Å²) in [6.07, 6.45) is 8.28. The van der Waals surface area contributed by atoms with Crippen molar-refractivity contribution < 1.29 is 4.79 Å². The fraction of sp³-hybridized carbons (Fsp3) is 0.474. The molecule has 2 aliphatic rings. The molecule has 1 amide bonds. The minimum atomic E-state index is 0.0282. The number of piperidine rings is 1. The quantitative estimate of drug-likeness (QED) is 0.736. The van der Waals surface area contributed by atoms with Crippen LogP contribution in [0.15, 0.2) is 29.4 Å². The molecule has 0 unspecified atom stereocenters. The molecule has 0 bridgehead atoms. The minimum Gasteiger partial charge on any atom is -0.337 e. The topological polar surface area (TPSA) is 79.7 Å². The van der Waals surface area contributed by atoms with E-state index in [0.717, 1.165) is 43.1 Å². The van der Waals surface area contributed by atoms with Crippen molar-refractivity contribution in [1.82, 2.24) is 29.6 Å². The van der Waals surface area contributed by atoms with Crippen molar-refractivity contribution in [2.24, 2.45) is 0 Å². The Morgan fingerprint density at radius 1 is 1.26 bits per heavy atom. The molecule has 8 heteroatoms. The van der Waals surface area contributed by atoms with Gasteiger partial charge in [0.25, 0.3) is 5.91 Å².